The van der Waals surface area contributed by atoms with Crippen LogP contribution in [0.1, 0.15) is 38.5 Å². The quantitative estimate of drug-likeness (QED) is 0.898. The molecular weight excluding hydrogens is 292 g/mol. The monoisotopic (exact) mass is 310 g/mol. The highest BCUT2D eigenvalue weighted by Gasteiger charge is 2.29. The van der Waals surface area contributed by atoms with Crippen LogP contribution in [0.25, 0.3) is 0 Å². The molecule has 98 valence electrons. The third kappa shape index (κ3) is 3.82. The lowest BCUT2D eigenvalue weighted by molar-refractivity contribution is -0.117. The van der Waals surface area contributed by atoms with Crippen LogP contribution in [-0.2, 0) is 4.79 Å². The molecule has 2 rings (SSSR count). The van der Waals surface area contributed by atoms with Crippen molar-refractivity contribution in [1.29, 1.82) is 0 Å². The van der Waals surface area contributed by atoms with Gasteiger partial charge in [-0.15, -0.1) is 0 Å². The van der Waals surface area contributed by atoms with E-state index in [2.05, 4.69) is 21.2 Å². The van der Waals surface area contributed by atoms with Gasteiger partial charge >= 0.3 is 0 Å². The predicted octanol–water partition coefficient (Wildman–Crippen LogP) is 3.44. The zero-order chi connectivity index (χ0) is 13.0. The minimum Gasteiger partial charge on any atom is -0.326 e. The van der Waals surface area contributed by atoms with Gasteiger partial charge in [-0.05, 0) is 37.1 Å². The van der Waals surface area contributed by atoms with Gasteiger partial charge in [-0.2, -0.15) is 0 Å². The lowest BCUT2D eigenvalue weighted by Crippen LogP contribution is -2.44. The van der Waals surface area contributed by atoms with E-state index in [4.69, 9.17) is 5.73 Å². The summed E-state index contributed by atoms with van der Waals surface area (Å²) in [6, 6.07) is 7.58. The lowest BCUT2D eigenvalue weighted by Gasteiger charge is -2.32. The average Bonchev–Trinajstić information content (AvgIpc) is 2.32. The maximum Gasteiger partial charge on any atom is 0.226 e. The Morgan fingerprint density at radius 1 is 1.22 bits per heavy atom. The molecule has 3 nitrogen and oxygen atoms in total. The Hall–Kier alpha value is -0.870. The van der Waals surface area contributed by atoms with Crippen molar-refractivity contribution in [3.05, 3.63) is 28.7 Å². The standard InChI is InChI=1S/C14H19BrN2O/c15-11-4-6-12(7-5-11)17-13(18)10-14(16)8-2-1-3-9-14/h4-7H,1-3,8-10,16H2,(H,17,18). The van der Waals surface area contributed by atoms with Crippen LogP contribution in [0.15, 0.2) is 28.7 Å². The van der Waals surface area contributed by atoms with E-state index in [0.717, 1.165) is 35.8 Å². The third-order valence-corrected chi connectivity index (χ3v) is 4.02. The Balaban J connectivity index is 1.90. The number of hydrogen-bond acceptors (Lipinski definition) is 2. The molecule has 4 heteroatoms. The van der Waals surface area contributed by atoms with Crippen LogP contribution in [-0.4, -0.2) is 11.4 Å². The summed E-state index contributed by atoms with van der Waals surface area (Å²) in [6.45, 7) is 0. The van der Waals surface area contributed by atoms with Crippen molar-refractivity contribution in [1.82, 2.24) is 0 Å². The first-order chi connectivity index (χ1) is 8.57. The maximum absolute atomic E-state index is 12.0. The number of carbonyl (C=O) groups excluding carboxylic acids is 1. The summed E-state index contributed by atoms with van der Waals surface area (Å²) in [4.78, 5) is 12.0. The third-order valence-electron chi connectivity index (χ3n) is 3.49. The summed E-state index contributed by atoms with van der Waals surface area (Å²) in [5.74, 6) is 0.0155. The van der Waals surface area contributed by atoms with E-state index in [1.807, 2.05) is 24.3 Å². The van der Waals surface area contributed by atoms with Crippen LogP contribution in [0.2, 0.25) is 0 Å². The van der Waals surface area contributed by atoms with E-state index in [-0.39, 0.29) is 11.4 Å². The Morgan fingerprint density at radius 3 is 2.44 bits per heavy atom. The van der Waals surface area contributed by atoms with Crippen LogP contribution in [0.4, 0.5) is 5.69 Å². The molecule has 1 aliphatic carbocycles. The Labute approximate surface area is 116 Å². The maximum atomic E-state index is 12.0. The molecule has 1 aromatic rings. The summed E-state index contributed by atoms with van der Waals surface area (Å²) in [5.41, 5.74) is 6.80. The van der Waals surface area contributed by atoms with E-state index in [0.29, 0.717) is 6.42 Å². The van der Waals surface area contributed by atoms with Gasteiger partial charge in [-0.1, -0.05) is 35.2 Å². The molecule has 0 spiro atoms. The van der Waals surface area contributed by atoms with E-state index in [1.165, 1.54) is 6.42 Å². The molecule has 0 aromatic heterocycles. The first kappa shape index (κ1) is 13.6. The molecule has 1 aliphatic rings. The van der Waals surface area contributed by atoms with Crippen molar-refractivity contribution in [2.24, 2.45) is 5.73 Å². The normalized spacial score (nSPS) is 18.3. The number of nitrogens with one attached hydrogen (secondary N) is 1. The van der Waals surface area contributed by atoms with Gasteiger partial charge in [0.15, 0.2) is 0 Å². The minimum atomic E-state index is -0.294. The molecule has 0 radical (unpaired) electrons. The molecule has 0 saturated heterocycles. The molecule has 0 aliphatic heterocycles. The fraction of sp³-hybridized carbons (Fsp3) is 0.500. The zero-order valence-corrected chi connectivity index (χ0v) is 12.0. The number of benzene rings is 1. The second kappa shape index (κ2) is 5.85. The molecule has 3 N–H and O–H groups in total. The second-order valence-corrected chi connectivity index (χ2v) is 6.07. The Morgan fingerprint density at radius 2 is 1.83 bits per heavy atom. The molecule has 1 amide bonds. The molecule has 0 unspecified atom stereocenters. The summed E-state index contributed by atoms with van der Waals surface area (Å²) < 4.78 is 1.00. The fourth-order valence-electron chi connectivity index (χ4n) is 2.49. The molecule has 0 atom stereocenters. The zero-order valence-electron chi connectivity index (χ0n) is 10.4. The topological polar surface area (TPSA) is 55.1 Å². The van der Waals surface area contributed by atoms with Crippen LogP contribution >= 0.6 is 15.9 Å². The second-order valence-electron chi connectivity index (χ2n) is 5.15. The molecule has 0 bridgehead atoms. The van der Waals surface area contributed by atoms with Crippen LogP contribution in [0.3, 0.4) is 0 Å². The molecule has 1 saturated carbocycles. The predicted molar refractivity (Wildman–Crippen MR) is 77.4 cm³/mol. The number of carbonyl (C=O) groups is 1. The van der Waals surface area contributed by atoms with E-state index >= 15 is 0 Å². The smallest absolute Gasteiger partial charge is 0.226 e. The number of anilines is 1. The van der Waals surface area contributed by atoms with Crippen LogP contribution in [0.5, 0.6) is 0 Å². The molecule has 1 aromatic carbocycles. The highest BCUT2D eigenvalue weighted by atomic mass is 79.9. The highest BCUT2D eigenvalue weighted by Crippen LogP contribution is 2.29. The van der Waals surface area contributed by atoms with Crippen molar-refractivity contribution < 1.29 is 4.79 Å². The largest absolute Gasteiger partial charge is 0.326 e. The van der Waals surface area contributed by atoms with Gasteiger partial charge in [0.05, 0.1) is 0 Å². The summed E-state index contributed by atoms with van der Waals surface area (Å²) >= 11 is 3.37. The van der Waals surface area contributed by atoms with Crippen molar-refractivity contribution in [2.45, 2.75) is 44.1 Å². The Kier molecular flexibility index (Phi) is 4.40. The molecule has 1 fully saturated rings. The molecule has 18 heavy (non-hydrogen) atoms. The number of nitrogens with two attached hydrogens (primary N) is 1. The summed E-state index contributed by atoms with van der Waals surface area (Å²) in [6.07, 6.45) is 5.86. The number of amides is 1. The van der Waals surface area contributed by atoms with Gasteiger partial charge in [0.2, 0.25) is 5.91 Å². The van der Waals surface area contributed by atoms with Gasteiger partial charge in [0, 0.05) is 22.1 Å². The SMILES string of the molecule is NC1(CC(=O)Nc2ccc(Br)cc2)CCCCC1. The average molecular weight is 311 g/mol. The summed E-state index contributed by atoms with van der Waals surface area (Å²) in [7, 11) is 0. The lowest BCUT2D eigenvalue weighted by atomic mass is 9.80. The van der Waals surface area contributed by atoms with Crippen molar-refractivity contribution in [2.75, 3.05) is 5.32 Å². The van der Waals surface area contributed by atoms with E-state index < -0.39 is 0 Å². The number of halogens is 1. The van der Waals surface area contributed by atoms with Crippen LogP contribution < -0.4 is 11.1 Å². The van der Waals surface area contributed by atoms with E-state index in [9.17, 15) is 4.79 Å². The van der Waals surface area contributed by atoms with Gasteiger partial charge in [0.25, 0.3) is 0 Å². The van der Waals surface area contributed by atoms with E-state index in [1.54, 1.807) is 0 Å². The van der Waals surface area contributed by atoms with Gasteiger partial charge in [0.1, 0.15) is 0 Å². The number of rotatable bonds is 3. The first-order valence-electron chi connectivity index (χ1n) is 6.42. The van der Waals surface area contributed by atoms with Crippen molar-refractivity contribution in [3.63, 3.8) is 0 Å². The summed E-state index contributed by atoms with van der Waals surface area (Å²) in [5, 5.41) is 2.90. The Bertz CT molecular complexity index is 410. The fourth-order valence-corrected chi connectivity index (χ4v) is 2.76. The van der Waals surface area contributed by atoms with Gasteiger partial charge in [-0.25, -0.2) is 0 Å². The molecular formula is C14H19BrN2O. The van der Waals surface area contributed by atoms with Crippen LogP contribution in [0, 0.1) is 0 Å². The van der Waals surface area contributed by atoms with Gasteiger partial charge in [-0.3, -0.25) is 4.79 Å². The highest BCUT2D eigenvalue weighted by molar-refractivity contribution is 9.10. The van der Waals surface area contributed by atoms with Crippen molar-refractivity contribution in [3.8, 4) is 0 Å². The first-order valence-corrected chi connectivity index (χ1v) is 7.21. The molecule has 0 heterocycles. The van der Waals surface area contributed by atoms with Crippen molar-refractivity contribution >= 4 is 27.5 Å². The minimum absolute atomic E-state index is 0.0155. The number of hydrogen-bond donors (Lipinski definition) is 2. The van der Waals surface area contributed by atoms with Gasteiger partial charge < -0.3 is 11.1 Å².